The summed E-state index contributed by atoms with van der Waals surface area (Å²) in [5, 5.41) is 0.211. The smallest absolute Gasteiger partial charge is 0.129 e. The molecule has 0 saturated heterocycles. The molecule has 0 heterocycles. The van der Waals surface area contributed by atoms with Crippen LogP contribution in [0, 0.1) is 17.5 Å². The maximum Gasteiger partial charge on any atom is 0.129 e. The quantitative estimate of drug-likeness (QED) is 0.883. The van der Waals surface area contributed by atoms with E-state index in [-0.39, 0.29) is 16.1 Å². The van der Waals surface area contributed by atoms with Gasteiger partial charge in [0.05, 0.1) is 6.04 Å². The highest BCUT2D eigenvalue weighted by Crippen LogP contribution is 2.26. The van der Waals surface area contributed by atoms with Crippen molar-refractivity contribution in [1.82, 2.24) is 0 Å². The molecular formula is C13H9ClF3N. The van der Waals surface area contributed by atoms with Crippen molar-refractivity contribution in [3.8, 4) is 0 Å². The third kappa shape index (κ3) is 2.49. The highest BCUT2D eigenvalue weighted by Gasteiger charge is 2.18. The van der Waals surface area contributed by atoms with Crippen LogP contribution in [0.5, 0.6) is 0 Å². The van der Waals surface area contributed by atoms with Gasteiger partial charge in [-0.15, -0.1) is 0 Å². The van der Waals surface area contributed by atoms with Crippen LogP contribution < -0.4 is 5.73 Å². The standard InChI is InChI=1S/C13H9ClF3N/c14-7-1-3-9(12(17)5-7)13(18)10-6-8(15)2-4-11(10)16/h1-6,13H,18H2. The van der Waals surface area contributed by atoms with E-state index in [1.807, 2.05) is 0 Å². The largest absolute Gasteiger partial charge is 0.320 e. The van der Waals surface area contributed by atoms with Crippen LogP contribution in [0.1, 0.15) is 17.2 Å². The van der Waals surface area contributed by atoms with Gasteiger partial charge in [0.1, 0.15) is 17.5 Å². The lowest BCUT2D eigenvalue weighted by Gasteiger charge is -2.14. The second kappa shape index (κ2) is 5.00. The summed E-state index contributed by atoms with van der Waals surface area (Å²) in [5.41, 5.74) is 5.71. The lowest BCUT2D eigenvalue weighted by atomic mass is 9.98. The molecule has 1 atom stereocenters. The van der Waals surface area contributed by atoms with E-state index in [9.17, 15) is 13.2 Å². The molecule has 5 heteroatoms. The molecule has 2 N–H and O–H groups in total. The Hall–Kier alpha value is -1.52. The van der Waals surface area contributed by atoms with E-state index in [4.69, 9.17) is 17.3 Å². The average Bonchev–Trinajstić information content (AvgIpc) is 2.31. The van der Waals surface area contributed by atoms with Crippen molar-refractivity contribution >= 4 is 11.6 Å². The summed E-state index contributed by atoms with van der Waals surface area (Å²) in [4.78, 5) is 0. The minimum Gasteiger partial charge on any atom is -0.320 e. The van der Waals surface area contributed by atoms with Crippen LogP contribution in [0.25, 0.3) is 0 Å². The fourth-order valence-electron chi connectivity index (χ4n) is 1.67. The second-order valence-electron chi connectivity index (χ2n) is 3.81. The molecule has 0 aliphatic heterocycles. The molecule has 94 valence electrons. The zero-order chi connectivity index (χ0) is 13.3. The number of benzene rings is 2. The molecule has 1 nitrogen and oxygen atoms in total. The number of hydrogen-bond acceptors (Lipinski definition) is 1. The summed E-state index contributed by atoms with van der Waals surface area (Å²) < 4.78 is 40.2. The lowest BCUT2D eigenvalue weighted by molar-refractivity contribution is 0.562. The predicted octanol–water partition coefficient (Wildman–Crippen LogP) is 3.81. The van der Waals surface area contributed by atoms with Gasteiger partial charge in [0.15, 0.2) is 0 Å². The molecule has 0 aliphatic rings. The molecule has 18 heavy (non-hydrogen) atoms. The van der Waals surface area contributed by atoms with Gasteiger partial charge in [0, 0.05) is 16.1 Å². The molecule has 2 aromatic carbocycles. The zero-order valence-corrected chi connectivity index (χ0v) is 9.89. The topological polar surface area (TPSA) is 26.0 Å². The molecule has 0 aliphatic carbocycles. The number of hydrogen-bond donors (Lipinski definition) is 1. The second-order valence-corrected chi connectivity index (χ2v) is 4.25. The first kappa shape index (κ1) is 12.9. The minimum absolute atomic E-state index is 0.0592. The SMILES string of the molecule is NC(c1ccc(Cl)cc1F)c1cc(F)ccc1F. The summed E-state index contributed by atoms with van der Waals surface area (Å²) in [5.74, 6) is -1.96. The minimum atomic E-state index is -1.09. The van der Waals surface area contributed by atoms with Crippen LogP contribution in [0.3, 0.4) is 0 Å². The van der Waals surface area contributed by atoms with Gasteiger partial charge >= 0.3 is 0 Å². The molecule has 2 aromatic rings. The van der Waals surface area contributed by atoms with Crippen LogP contribution in [-0.4, -0.2) is 0 Å². The molecule has 0 spiro atoms. The maximum atomic E-state index is 13.6. The van der Waals surface area contributed by atoms with Crippen LogP contribution in [0.2, 0.25) is 5.02 Å². The van der Waals surface area contributed by atoms with Crippen molar-refractivity contribution in [3.63, 3.8) is 0 Å². The molecular weight excluding hydrogens is 263 g/mol. The Morgan fingerprint density at radius 3 is 2.28 bits per heavy atom. The molecule has 0 radical (unpaired) electrons. The van der Waals surface area contributed by atoms with Crippen LogP contribution >= 0.6 is 11.6 Å². The first-order chi connectivity index (χ1) is 8.49. The number of nitrogens with two attached hydrogens (primary N) is 1. The van der Waals surface area contributed by atoms with Crippen LogP contribution in [-0.2, 0) is 0 Å². The van der Waals surface area contributed by atoms with Gasteiger partial charge in [0.2, 0.25) is 0 Å². The zero-order valence-electron chi connectivity index (χ0n) is 9.13. The summed E-state index contributed by atoms with van der Waals surface area (Å²) in [6.07, 6.45) is 0. The summed E-state index contributed by atoms with van der Waals surface area (Å²) in [6, 6.07) is 5.67. The molecule has 0 bridgehead atoms. The Balaban J connectivity index is 2.47. The normalized spacial score (nSPS) is 12.5. The van der Waals surface area contributed by atoms with Crippen LogP contribution in [0.15, 0.2) is 36.4 Å². The van der Waals surface area contributed by atoms with Crippen molar-refractivity contribution in [2.24, 2.45) is 5.73 Å². The third-order valence-corrected chi connectivity index (χ3v) is 2.83. The van der Waals surface area contributed by atoms with Crippen molar-refractivity contribution < 1.29 is 13.2 Å². The van der Waals surface area contributed by atoms with Crippen molar-refractivity contribution in [2.45, 2.75) is 6.04 Å². The van der Waals surface area contributed by atoms with Crippen LogP contribution in [0.4, 0.5) is 13.2 Å². The first-order valence-electron chi connectivity index (χ1n) is 5.14. The molecule has 2 rings (SSSR count). The fraction of sp³-hybridized carbons (Fsp3) is 0.0769. The Kier molecular flexibility index (Phi) is 3.59. The van der Waals surface area contributed by atoms with E-state index in [0.717, 1.165) is 24.3 Å². The van der Waals surface area contributed by atoms with E-state index >= 15 is 0 Å². The molecule has 1 unspecified atom stereocenters. The van der Waals surface area contributed by atoms with Gasteiger partial charge < -0.3 is 5.73 Å². The molecule has 0 amide bonds. The van der Waals surface area contributed by atoms with E-state index in [1.54, 1.807) is 0 Å². The highest BCUT2D eigenvalue weighted by molar-refractivity contribution is 6.30. The molecule has 0 fully saturated rings. The van der Waals surface area contributed by atoms with E-state index in [0.29, 0.717) is 0 Å². The van der Waals surface area contributed by atoms with Gasteiger partial charge in [-0.2, -0.15) is 0 Å². The van der Waals surface area contributed by atoms with Gasteiger partial charge in [-0.1, -0.05) is 17.7 Å². The van der Waals surface area contributed by atoms with Crippen molar-refractivity contribution in [1.29, 1.82) is 0 Å². The Labute approximate surface area is 107 Å². The van der Waals surface area contributed by atoms with E-state index < -0.39 is 23.5 Å². The van der Waals surface area contributed by atoms with Crippen molar-refractivity contribution in [2.75, 3.05) is 0 Å². The monoisotopic (exact) mass is 271 g/mol. The van der Waals surface area contributed by atoms with E-state index in [1.165, 1.54) is 12.1 Å². The van der Waals surface area contributed by atoms with E-state index in [2.05, 4.69) is 0 Å². The van der Waals surface area contributed by atoms with Gasteiger partial charge in [-0.05, 0) is 30.3 Å². The average molecular weight is 272 g/mol. The highest BCUT2D eigenvalue weighted by atomic mass is 35.5. The summed E-state index contributed by atoms with van der Waals surface area (Å²) >= 11 is 5.61. The Bertz CT molecular complexity index is 586. The van der Waals surface area contributed by atoms with Gasteiger partial charge in [-0.3, -0.25) is 0 Å². The number of rotatable bonds is 2. The van der Waals surface area contributed by atoms with Crippen molar-refractivity contribution in [3.05, 3.63) is 70.0 Å². The Morgan fingerprint density at radius 1 is 0.889 bits per heavy atom. The van der Waals surface area contributed by atoms with Gasteiger partial charge in [0.25, 0.3) is 0 Å². The lowest BCUT2D eigenvalue weighted by Crippen LogP contribution is -2.15. The fourth-order valence-corrected chi connectivity index (χ4v) is 1.83. The maximum absolute atomic E-state index is 13.6. The molecule has 0 aromatic heterocycles. The summed E-state index contributed by atoms with van der Waals surface area (Å²) in [7, 11) is 0. The molecule has 0 saturated carbocycles. The third-order valence-electron chi connectivity index (χ3n) is 2.59. The van der Waals surface area contributed by atoms with Gasteiger partial charge in [-0.25, -0.2) is 13.2 Å². The summed E-state index contributed by atoms with van der Waals surface area (Å²) in [6.45, 7) is 0. The Morgan fingerprint density at radius 2 is 1.61 bits per heavy atom. The predicted molar refractivity (Wildman–Crippen MR) is 63.8 cm³/mol. The first-order valence-corrected chi connectivity index (χ1v) is 5.52. The number of halogens is 4.